The molecular formula is C16H23NO2. The second-order valence-electron chi connectivity index (χ2n) is 5.61. The molecule has 19 heavy (non-hydrogen) atoms. The molecule has 3 nitrogen and oxygen atoms in total. The van der Waals surface area contributed by atoms with Gasteiger partial charge in [0.25, 0.3) is 5.91 Å². The van der Waals surface area contributed by atoms with Crippen molar-refractivity contribution in [1.82, 2.24) is 5.32 Å². The molecule has 2 atom stereocenters. The van der Waals surface area contributed by atoms with Gasteiger partial charge in [0.2, 0.25) is 0 Å². The molecule has 0 aromatic heterocycles. The first-order chi connectivity index (χ1) is 9.11. The number of carbonyl (C=O) groups is 1. The third-order valence-electron chi connectivity index (χ3n) is 4.23. The lowest BCUT2D eigenvalue weighted by atomic mass is 9.85. The molecule has 2 unspecified atom stereocenters. The zero-order chi connectivity index (χ0) is 13.8. The number of nitrogens with one attached hydrogen (secondary N) is 1. The summed E-state index contributed by atoms with van der Waals surface area (Å²) in [6.07, 6.45) is 4.27. The molecule has 1 aliphatic carbocycles. The van der Waals surface area contributed by atoms with Crippen molar-refractivity contribution in [2.24, 2.45) is 5.92 Å². The molecular weight excluding hydrogens is 238 g/mol. The molecule has 1 aliphatic rings. The lowest BCUT2D eigenvalue weighted by Crippen LogP contribution is -2.43. The second-order valence-corrected chi connectivity index (χ2v) is 5.61. The van der Waals surface area contributed by atoms with Crippen LogP contribution in [0, 0.1) is 19.8 Å². The number of benzene rings is 1. The van der Waals surface area contributed by atoms with E-state index in [1.54, 1.807) is 0 Å². The lowest BCUT2D eigenvalue weighted by Gasteiger charge is -2.30. The fraction of sp³-hybridized carbons (Fsp3) is 0.562. The summed E-state index contributed by atoms with van der Waals surface area (Å²) in [5.41, 5.74) is 3.04. The Hall–Kier alpha value is -1.35. The zero-order valence-corrected chi connectivity index (χ0v) is 11.8. The Balaban J connectivity index is 2.05. The van der Waals surface area contributed by atoms with E-state index in [0.29, 0.717) is 5.56 Å². The largest absolute Gasteiger partial charge is 0.396 e. The molecule has 1 saturated carbocycles. The summed E-state index contributed by atoms with van der Waals surface area (Å²) in [5, 5.41) is 12.5. The molecule has 2 N–H and O–H groups in total. The highest BCUT2D eigenvalue weighted by atomic mass is 16.3. The Morgan fingerprint density at radius 2 is 2.00 bits per heavy atom. The quantitative estimate of drug-likeness (QED) is 0.878. The minimum atomic E-state index is -0.0200. The molecule has 2 rings (SSSR count). The van der Waals surface area contributed by atoms with Gasteiger partial charge in [-0.2, -0.15) is 0 Å². The molecule has 0 heterocycles. The number of aliphatic hydroxyl groups is 1. The summed E-state index contributed by atoms with van der Waals surface area (Å²) in [6.45, 7) is 4.22. The first-order valence-corrected chi connectivity index (χ1v) is 7.11. The molecule has 1 aromatic rings. The van der Waals surface area contributed by atoms with Gasteiger partial charge in [0, 0.05) is 24.1 Å². The van der Waals surface area contributed by atoms with Gasteiger partial charge in [0.05, 0.1) is 0 Å². The normalized spacial score (nSPS) is 23.1. The summed E-state index contributed by atoms with van der Waals surface area (Å²) in [5.74, 6) is 0.192. The van der Waals surface area contributed by atoms with E-state index in [1.165, 1.54) is 5.56 Å². The standard InChI is InChI=1S/C16H23NO2/c1-11-7-8-13(9-12(11)2)16(19)17-15-6-4-3-5-14(15)10-18/h7-9,14-15,18H,3-6,10H2,1-2H3,(H,17,19). The Kier molecular flexibility index (Phi) is 4.59. The highest BCUT2D eigenvalue weighted by molar-refractivity contribution is 5.94. The number of amides is 1. The fourth-order valence-electron chi connectivity index (χ4n) is 2.75. The van der Waals surface area contributed by atoms with Crippen molar-refractivity contribution in [2.75, 3.05) is 6.61 Å². The number of rotatable bonds is 3. The highest BCUT2D eigenvalue weighted by Gasteiger charge is 2.26. The molecule has 0 radical (unpaired) electrons. The molecule has 1 aromatic carbocycles. The number of aryl methyl sites for hydroxylation is 2. The van der Waals surface area contributed by atoms with E-state index in [1.807, 2.05) is 32.0 Å². The van der Waals surface area contributed by atoms with Gasteiger partial charge in [-0.1, -0.05) is 18.9 Å². The van der Waals surface area contributed by atoms with Gasteiger partial charge in [-0.3, -0.25) is 4.79 Å². The minimum absolute atomic E-state index is 0.0200. The van der Waals surface area contributed by atoms with E-state index < -0.39 is 0 Å². The second kappa shape index (κ2) is 6.20. The van der Waals surface area contributed by atoms with E-state index in [9.17, 15) is 9.90 Å². The number of hydrogen-bond donors (Lipinski definition) is 2. The van der Waals surface area contributed by atoms with Gasteiger partial charge in [-0.05, 0) is 49.9 Å². The van der Waals surface area contributed by atoms with Crippen LogP contribution in [0.3, 0.4) is 0 Å². The Labute approximate surface area is 115 Å². The smallest absolute Gasteiger partial charge is 0.251 e. The van der Waals surface area contributed by atoms with Crippen LogP contribution < -0.4 is 5.32 Å². The average molecular weight is 261 g/mol. The van der Waals surface area contributed by atoms with E-state index in [2.05, 4.69) is 5.32 Å². The van der Waals surface area contributed by atoms with Crippen LogP contribution >= 0.6 is 0 Å². The van der Waals surface area contributed by atoms with Crippen LogP contribution in [-0.4, -0.2) is 23.7 Å². The van der Waals surface area contributed by atoms with Crippen LogP contribution in [0.4, 0.5) is 0 Å². The topological polar surface area (TPSA) is 49.3 Å². The lowest BCUT2D eigenvalue weighted by molar-refractivity contribution is 0.0872. The molecule has 0 spiro atoms. The number of aliphatic hydroxyl groups excluding tert-OH is 1. The maximum Gasteiger partial charge on any atom is 0.251 e. The Morgan fingerprint density at radius 1 is 1.26 bits per heavy atom. The third-order valence-corrected chi connectivity index (χ3v) is 4.23. The maximum absolute atomic E-state index is 12.2. The van der Waals surface area contributed by atoms with Crippen LogP contribution in [0.15, 0.2) is 18.2 Å². The van der Waals surface area contributed by atoms with Crippen LogP contribution in [0.25, 0.3) is 0 Å². The summed E-state index contributed by atoms with van der Waals surface area (Å²) in [4.78, 5) is 12.2. The van der Waals surface area contributed by atoms with Gasteiger partial charge in [-0.15, -0.1) is 0 Å². The van der Waals surface area contributed by atoms with Crippen molar-refractivity contribution in [3.05, 3.63) is 34.9 Å². The highest BCUT2D eigenvalue weighted by Crippen LogP contribution is 2.24. The van der Waals surface area contributed by atoms with Crippen molar-refractivity contribution in [2.45, 2.75) is 45.6 Å². The van der Waals surface area contributed by atoms with Crippen molar-refractivity contribution >= 4 is 5.91 Å². The van der Waals surface area contributed by atoms with Crippen LogP contribution in [0.5, 0.6) is 0 Å². The molecule has 0 aliphatic heterocycles. The maximum atomic E-state index is 12.2. The Morgan fingerprint density at radius 3 is 2.68 bits per heavy atom. The molecule has 1 fully saturated rings. The van der Waals surface area contributed by atoms with Crippen molar-refractivity contribution < 1.29 is 9.90 Å². The zero-order valence-electron chi connectivity index (χ0n) is 11.8. The van der Waals surface area contributed by atoms with Crippen molar-refractivity contribution in [3.8, 4) is 0 Å². The number of hydrogen-bond acceptors (Lipinski definition) is 2. The minimum Gasteiger partial charge on any atom is -0.396 e. The van der Waals surface area contributed by atoms with E-state index in [0.717, 1.165) is 31.2 Å². The SMILES string of the molecule is Cc1ccc(C(=O)NC2CCCCC2CO)cc1C. The molecule has 0 bridgehead atoms. The van der Waals surface area contributed by atoms with Crippen LogP contribution in [0.2, 0.25) is 0 Å². The third kappa shape index (κ3) is 3.35. The van der Waals surface area contributed by atoms with Gasteiger partial charge < -0.3 is 10.4 Å². The average Bonchev–Trinajstić information content (AvgIpc) is 2.42. The summed E-state index contributed by atoms with van der Waals surface area (Å²) >= 11 is 0. The van der Waals surface area contributed by atoms with Gasteiger partial charge in [-0.25, -0.2) is 0 Å². The number of carbonyl (C=O) groups excluding carboxylic acids is 1. The molecule has 1 amide bonds. The van der Waals surface area contributed by atoms with E-state index in [-0.39, 0.29) is 24.5 Å². The predicted octanol–water partition coefficient (Wildman–Crippen LogP) is 2.58. The summed E-state index contributed by atoms with van der Waals surface area (Å²) < 4.78 is 0. The summed E-state index contributed by atoms with van der Waals surface area (Å²) in [6, 6.07) is 5.90. The Bertz CT molecular complexity index is 456. The molecule has 0 saturated heterocycles. The fourth-order valence-corrected chi connectivity index (χ4v) is 2.75. The van der Waals surface area contributed by atoms with Crippen molar-refractivity contribution in [3.63, 3.8) is 0 Å². The first-order valence-electron chi connectivity index (χ1n) is 7.11. The molecule has 104 valence electrons. The van der Waals surface area contributed by atoms with Gasteiger partial charge in [0.15, 0.2) is 0 Å². The van der Waals surface area contributed by atoms with Crippen LogP contribution in [-0.2, 0) is 0 Å². The molecule has 3 heteroatoms. The van der Waals surface area contributed by atoms with E-state index >= 15 is 0 Å². The van der Waals surface area contributed by atoms with Gasteiger partial charge >= 0.3 is 0 Å². The first kappa shape index (κ1) is 14.1. The van der Waals surface area contributed by atoms with Gasteiger partial charge in [0.1, 0.15) is 0 Å². The summed E-state index contributed by atoms with van der Waals surface area (Å²) in [7, 11) is 0. The predicted molar refractivity (Wildman–Crippen MR) is 76.2 cm³/mol. The van der Waals surface area contributed by atoms with E-state index in [4.69, 9.17) is 0 Å². The van der Waals surface area contributed by atoms with Crippen molar-refractivity contribution in [1.29, 1.82) is 0 Å². The van der Waals surface area contributed by atoms with Crippen LogP contribution in [0.1, 0.15) is 47.2 Å². The monoisotopic (exact) mass is 261 g/mol.